The zero-order valence-electron chi connectivity index (χ0n) is 13.4. The van der Waals surface area contributed by atoms with E-state index in [1.54, 1.807) is 36.4 Å². The summed E-state index contributed by atoms with van der Waals surface area (Å²) < 4.78 is 5.16. The summed E-state index contributed by atoms with van der Waals surface area (Å²) in [6.45, 7) is 2.93. The minimum atomic E-state index is -1.03. The van der Waals surface area contributed by atoms with Gasteiger partial charge in [-0.3, -0.25) is 9.59 Å². The number of anilines is 1. The molecule has 24 heavy (non-hydrogen) atoms. The summed E-state index contributed by atoms with van der Waals surface area (Å²) in [4.78, 5) is 35.6. The van der Waals surface area contributed by atoms with Crippen LogP contribution in [0.4, 0.5) is 5.69 Å². The number of esters is 1. The molecule has 1 amide bonds. The number of hydrogen-bond donors (Lipinski definition) is 1. The molecule has 2 rings (SSSR count). The van der Waals surface area contributed by atoms with Crippen molar-refractivity contribution in [1.29, 1.82) is 0 Å². The number of rotatable bonds is 5. The zero-order valence-corrected chi connectivity index (χ0v) is 13.4. The van der Waals surface area contributed by atoms with E-state index in [-0.39, 0.29) is 18.0 Å². The number of carboxylic acids is 1. The molecule has 1 N–H and O–H groups in total. The Bertz CT molecular complexity index is 767. The van der Waals surface area contributed by atoms with E-state index in [2.05, 4.69) is 0 Å². The fourth-order valence-corrected chi connectivity index (χ4v) is 2.23. The molecule has 6 heteroatoms. The van der Waals surface area contributed by atoms with Crippen molar-refractivity contribution >= 4 is 23.5 Å². The number of aromatic carboxylic acids is 1. The van der Waals surface area contributed by atoms with Gasteiger partial charge in [0, 0.05) is 25.1 Å². The fraction of sp³-hybridized carbons (Fsp3) is 0.167. The maximum Gasteiger partial charge on any atom is 0.335 e. The first-order chi connectivity index (χ1) is 11.4. The molecule has 0 heterocycles. The Kier molecular flexibility index (Phi) is 5.31. The molecule has 0 atom stereocenters. The van der Waals surface area contributed by atoms with Crippen molar-refractivity contribution in [3.05, 3.63) is 59.7 Å². The third-order valence-electron chi connectivity index (χ3n) is 3.36. The van der Waals surface area contributed by atoms with Gasteiger partial charge in [0.15, 0.2) is 0 Å². The van der Waals surface area contributed by atoms with Gasteiger partial charge in [-0.05, 0) is 30.3 Å². The number of carbonyl (C=O) groups excluding carboxylic acids is 2. The highest BCUT2D eigenvalue weighted by atomic mass is 16.5. The van der Waals surface area contributed by atoms with Crippen molar-refractivity contribution in [3.8, 4) is 5.75 Å². The number of hydrogen-bond acceptors (Lipinski definition) is 4. The molecule has 0 fully saturated rings. The summed E-state index contributed by atoms with van der Waals surface area (Å²) in [6.07, 6.45) is 0. The van der Waals surface area contributed by atoms with Gasteiger partial charge in [0.25, 0.3) is 0 Å². The number of carboxylic acid groups (broad SMARTS) is 1. The molecule has 0 spiro atoms. The van der Waals surface area contributed by atoms with Crippen LogP contribution in [0.5, 0.6) is 5.75 Å². The van der Waals surface area contributed by atoms with E-state index in [0.29, 0.717) is 17.0 Å². The van der Waals surface area contributed by atoms with E-state index in [1.165, 1.54) is 30.9 Å². The van der Waals surface area contributed by atoms with Gasteiger partial charge >= 0.3 is 11.9 Å². The van der Waals surface area contributed by atoms with Crippen LogP contribution >= 0.6 is 0 Å². The lowest BCUT2D eigenvalue weighted by molar-refractivity contribution is -0.131. The van der Waals surface area contributed by atoms with Gasteiger partial charge in [0.1, 0.15) is 5.75 Å². The minimum Gasteiger partial charge on any atom is -0.478 e. The van der Waals surface area contributed by atoms with Crippen LogP contribution in [0.25, 0.3) is 0 Å². The molecule has 2 aromatic carbocycles. The lowest BCUT2D eigenvalue weighted by atomic mass is 10.1. The molecule has 6 nitrogen and oxygen atoms in total. The largest absolute Gasteiger partial charge is 0.478 e. The standard InChI is InChI=1S/C18H17NO5/c1-12(20)19(16-9-7-14(8-10-16)18(22)23)11-15-5-3-4-6-17(15)24-13(2)21/h3-10H,11H2,1-2H3,(H,22,23). The smallest absolute Gasteiger partial charge is 0.335 e. The highest BCUT2D eigenvalue weighted by Crippen LogP contribution is 2.24. The second kappa shape index (κ2) is 7.41. The predicted octanol–water partition coefficient (Wildman–Crippen LogP) is 2.86. The first-order valence-electron chi connectivity index (χ1n) is 7.26. The third-order valence-corrected chi connectivity index (χ3v) is 3.36. The van der Waals surface area contributed by atoms with E-state index >= 15 is 0 Å². The minimum absolute atomic E-state index is 0.141. The maximum absolute atomic E-state index is 12.0. The van der Waals surface area contributed by atoms with Crippen LogP contribution in [0.1, 0.15) is 29.8 Å². The van der Waals surface area contributed by atoms with Crippen LogP contribution in [0.3, 0.4) is 0 Å². The highest BCUT2D eigenvalue weighted by molar-refractivity contribution is 5.93. The van der Waals surface area contributed by atoms with E-state index in [1.807, 2.05) is 0 Å². The van der Waals surface area contributed by atoms with Crippen LogP contribution in [-0.4, -0.2) is 23.0 Å². The Hall–Kier alpha value is -3.15. The molecule has 0 aliphatic heterocycles. The quantitative estimate of drug-likeness (QED) is 0.674. The number of ether oxygens (including phenoxy) is 1. The summed E-state index contributed by atoms with van der Waals surface area (Å²) in [7, 11) is 0. The van der Waals surface area contributed by atoms with E-state index in [0.717, 1.165) is 0 Å². The van der Waals surface area contributed by atoms with Crippen LogP contribution in [0.2, 0.25) is 0 Å². The number of carbonyl (C=O) groups is 3. The second-order valence-corrected chi connectivity index (χ2v) is 5.16. The van der Waals surface area contributed by atoms with Crippen molar-refractivity contribution in [2.75, 3.05) is 4.90 Å². The number of amides is 1. The number of para-hydroxylation sites is 1. The van der Waals surface area contributed by atoms with E-state index in [4.69, 9.17) is 9.84 Å². The first-order valence-corrected chi connectivity index (χ1v) is 7.26. The van der Waals surface area contributed by atoms with Gasteiger partial charge in [-0.1, -0.05) is 18.2 Å². The monoisotopic (exact) mass is 327 g/mol. The molecular formula is C18H17NO5. The van der Waals surface area contributed by atoms with Gasteiger partial charge in [0.05, 0.1) is 12.1 Å². The number of nitrogens with zero attached hydrogens (tertiary/aromatic N) is 1. The summed E-state index contributed by atoms with van der Waals surface area (Å²) in [5.41, 5.74) is 1.37. The lowest BCUT2D eigenvalue weighted by Crippen LogP contribution is -2.28. The van der Waals surface area contributed by atoms with Crippen molar-refractivity contribution in [2.24, 2.45) is 0 Å². The predicted molar refractivity (Wildman–Crippen MR) is 88.0 cm³/mol. The van der Waals surface area contributed by atoms with Crippen LogP contribution in [0.15, 0.2) is 48.5 Å². The molecular weight excluding hydrogens is 310 g/mol. The molecule has 0 saturated carbocycles. The first kappa shape index (κ1) is 17.2. The van der Waals surface area contributed by atoms with Gasteiger partial charge in [0.2, 0.25) is 5.91 Å². The second-order valence-electron chi connectivity index (χ2n) is 5.16. The third kappa shape index (κ3) is 4.19. The number of benzene rings is 2. The Balaban J connectivity index is 2.31. The van der Waals surface area contributed by atoms with E-state index in [9.17, 15) is 14.4 Å². The molecule has 0 bridgehead atoms. The van der Waals surface area contributed by atoms with Gasteiger partial charge in [-0.25, -0.2) is 4.79 Å². The van der Waals surface area contributed by atoms with Gasteiger partial charge < -0.3 is 14.7 Å². The Labute approximate surface area is 139 Å². The topological polar surface area (TPSA) is 83.9 Å². The summed E-state index contributed by atoms with van der Waals surface area (Å²) >= 11 is 0. The van der Waals surface area contributed by atoms with Crippen molar-refractivity contribution in [3.63, 3.8) is 0 Å². The fourth-order valence-electron chi connectivity index (χ4n) is 2.23. The van der Waals surface area contributed by atoms with Crippen LogP contribution < -0.4 is 9.64 Å². The molecule has 0 radical (unpaired) electrons. The Morgan fingerprint density at radius 1 is 1.00 bits per heavy atom. The molecule has 0 aliphatic carbocycles. The van der Waals surface area contributed by atoms with Crippen molar-refractivity contribution in [2.45, 2.75) is 20.4 Å². The van der Waals surface area contributed by atoms with Crippen molar-refractivity contribution in [1.82, 2.24) is 0 Å². The van der Waals surface area contributed by atoms with E-state index < -0.39 is 11.9 Å². The summed E-state index contributed by atoms with van der Waals surface area (Å²) in [5.74, 6) is -1.30. The SMILES string of the molecule is CC(=O)Oc1ccccc1CN(C(C)=O)c1ccc(C(=O)O)cc1. The molecule has 124 valence electrons. The molecule has 0 saturated heterocycles. The van der Waals surface area contributed by atoms with Crippen LogP contribution in [0, 0.1) is 0 Å². The Morgan fingerprint density at radius 3 is 2.17 bits per heavy atom. The molecule has 0 aliphatic rings. The average Bonchev–Trinajstić information content (AvgIpc) is 2.53. The van der Waals surface area contributed by atoms with Crippen LogP contribution in [-0.2, 0) is 16.1 Å². The molecule has 2 aromatic rings. The lowest BCUT2D eigenvalue weighted by Gasteiger charge is -2.22. The van der Waals surface area contributed by atoms with Gasteiger partial charge in [-0.2, -0.15) is 0 Å². The normalized spacial score (nSPS) is 10.1. The highest BCUT2D eigenvalue weighted by Gasteiger charge is 2.16. The van der Waals surface area contributed by atoms with Crippen molar-refractivity contribution < 1.29 is 24.2 Å². The summed E-state index contributed by atoms with van der Waals surface area (Å²) in [6, 6.07) is 13.0. The Morgan fingerprint density at radius 2 is 1.62 bits per heavy atom. The average molecular weight is 327 g/mol. The summed E-state index contributed by atoms with van der Waals surface area (Å²) in [5, 5.41) is 8.95. The van der Waals surface area contributed by atoms with Gasteiger partial charge in [-0.15, -0.1) is 0 Å². The molecule has 0 aromatic heterocycles. The maximum atomic E-state index is 12.0. The zero-order chi connectivity index (χ0) is 17.7. The molecule has 0 unspecified atom stereocenters.